The van der Waals surface area contributed by atoms with Gasteiger partial charge >= 0.3 is 6.03 Å². The fourth-order valence-electron chi connectivity index (χ4n) is 3.61. The number of hydrogen-bond donors (Lipinski definition) is 1. The van der Waals surface area contributed by atoms with Crippen LogP contribution in [0.2, 0.25) is 0 Å². The second-order valence-electron chi connectivity index (χ2n) is 7.83. The summed E-state index contributed by atoms with van der Waals surface area (Å²) in [5, 5.41) is 3.01. The van der Waals surface area contributed by atoms with Crippen LogP contribution in [0.3, 0.4) is 0 Å². The molecule has 170 valence electrons. The fourth-order valence-corrected chi connectivity index (χ4v) is 3.61. The highest BCUT2D eigenvalue weighted by atomic mass is 16.5. The third-order valence-corrected chi connectivity index (χ3v) is 5.60. The van der Waals surface area contributed by atoms with Crippen molar-refractivity contribution in [1.29, 1.82) is 0 Å². The van der Waals surface area contributed by atoms with Crippen molar-refractivity contribution in [3.63, 3.8) is 0 Å². The van der Waals surface area contributed by atoms with Crippen LogP contribution < -0.4 is 14.8 Å². The number of aryl methyl sites for hydroxylation is 1. The second kappa shape index (κ2) is 11.3. The Bertz CT molecular complexity index is 1030. The molecule has 0 radical (unpaired) electrons. The van der Waals surface area contributed by atoms with Gasteiger partial charge in [0, 0.05) is 31.0 Å². The van der Waals surface area contributed by atoms with Gasteiger partial charge in [0.1, 0.15) is 11.5 Å². The number of nitrogens with one attached hydrogen (secondary N) is 1. The monoisotopic (exact) mass is 435 g/mol. The minimum atomic E-state index is -0.148. The number of hydrogen-bond acceptors (Lipinski definition) is 3. The van der Waals surface area contributed by atoms with Crippen LogP contribution in [0.5, 0.6) is 11.5 Å². The normalized spacial score (nSPS) is 10.6. The Balaban J connectivity index is 1.77. The fraction of sp³-hybridized carbons (Fsp3) is 0.346. The molecule has 2 amide bonds. The highest BCUT2D eigenvalue weighted by Crippen LogP contribution is 2.29. The maximum atomic E-state index is 13.2. The van der Waals surface area contributed by atoms with Crippen LogP contribution in [0.15, 0.2) is 60.8 Å². The third-order valence-electron chi connectivity index (χ3n) is 5.60. The number of carbonyl (C=O) groups excluding carboxylic acids is 1. The molecule has 0 bridgehead atoms. The van der Waals surface area contributed by atoms with E-state index >= 15 is 0 Å². The molecular formula is C26H33N3O3. The number of methoxy groups -OCH3 is 2. The van der Waals surface area contributed by atoms with E-state index in [9.17, 15) is 4.79 Å². The SMILES string of the molecule is CCCCN(Cc1cccn1Cc1ccccc1C)C(=O)Nc1ccc(OC)cc1OC. The highest BCUT2D eigenvalue weighted by molar-refractivity contribution is 5.91. The van der Waals surface area contributed by atoms with Gasteiger partial charge in [0.25, 0.3) is 0 Å². The van der Waals surface area contributed by atoms with Gasteiger partial charge < -0.3 is 24.3 Å². The summed E-state index contributed by atoms with van der Waals surface area (Å²) in [6.45, 7) is 6.25. The number of aromatic nitrogens is 1. The second-order valence-corrected chi connectivity index (χ2v) is 7.83. The largest absolute Gasteiger partial charge is 0.497 e. The van der Waals surface area contributed by atoms with Crippen LogP contribution >= 0.6 is 0 Å². The molecule has 1 aromatic heterocycles. The first-order chi connectivity index (χ1) is 15.5. The first-order valence-electron chi connectivity index (χ1n) is 11.0. The summed E-state index contributed by atoms with van der Waals surface area (Å²) in [5.41, 5.74) is 4.26. The van der Waals surface area contributed by atoms with Crippen LogP contribution in [0.1, 0.15) is 36.6 Å². The van der Waals surface area contributed by atoms with E-state index in [1.54, 1.807) is 26.4 Å². The quantitative estimate of drug-likeness (QED) is 0.445. The van der Waals surface area contributed by atoms with Crippen molar-refractivity contribution >= 4 is 11.7 Å². The number of rotatable bonds is 10. The molecule has 0 fully saturated rings. The molecule has 2 aromatic carbocycles. The van der Waals surface area contributed by atoms with Gasteiger partial charge in [0.05, 0.1) is 26.5 Å². The highest BCUT2D eigenvalue weighted by Gasteiger charge is 2.18. The lowest BCUT2D eigenvalue weighted by molar-refractivity contribution is 0.206. The van der Waals surface area contributed by atoms with Crippen molar-refractivity contribution in [3.05, 3.63) is 77.6 Å². The maximum Gasteiger partial charge on any atom is 0.322 e. The molecule has 0 aliphatic rings. The topological polar surface area (TPSA) is 55.7 Å². The lowest BCUT2D eigenvalue weighted by Crippen LogP contribution is -2.36. The zero-order chi connectivity index (χ0) is 22.9. The van der Waals surface area contributed by atoms with Crippen molar-refractivity contribution in [2.45, 2.75) is 39.8 Å². The maximum absolute atomic E-state index is 13.2. The molecule has 0 unspecified atom stereocenters. The van der Waals surface area contributed by atoms with E-state index < -0.39 is 0 Å². The molecule has 1 N–H and O–H groups in total. The first kappa shape index (κ1) is 23.3. The van der Waals surface area contributed by atoms with Crippen LogP contribution in [-0.2, 0) is 13.1 Å². The Hall–Kier alpha value is -3.41. The van der Waals surface area contributed by atoms with E-state index in [0.717, 1.165) is 25.1 Å². The van der Waals surface area contributed by atoms with E-state index in [2.05, 4.69) is 60.3 Å². The molecule has 3 rings (SSSR count). The number of urea groups is 1. The molecule has 0 spiro atoms. The van der Waals surface area contributed by atoms with Crippen molar-refractivity contribution in [1.82, 2.24) is 9.47 Å². The molecule has 0 saturated heterocycles. The summed E-state index contributed by atoms with van der Waals surface area (Å²) in [5.74, 6) is 1.24. The molecule has 3 aromatic rings. The number of anilines is 1. The first-order valence-corrected chi connectivity index (χ1v) is 11.0. The Morgan fingerprint density at radius 3 is 2.59 bits per heavy atom. The predicted molar refractivity (Wildman–Crippen MR) is 129 cm³/mol. The van der Waals surface area contributed by atoms with Gasteiger partial charge in [0.15, 0.2) is 0 Å². The zero-order valence-corrected chi connectivity index (χ0v) is 19.4. The minimum Gasteiger partial charge on any atom is -0.497 e. The Morgan fingerprint density at radius 2 is 1.88 bits per heavy atom. The molecule has 0 aliphatic carbocycles. The van der Waals surface area contributed by atoms with Crippen LogP contribution in [0.25, 0.3) is 0 Å². The molecule has 0 atom stereocenters. The summed E-state index contributed by atoms with van der Waals surface area (Å²) in [7, 11) is 3.18. The number of unbranched alkanes of at least 4 members (excludes halogenated alkanes) is 1. The van der Waals surface area contributed by atoms with E-state index in [4.69, 9.17) is 9.47 Å². The third kappa shape index (κ3) is 5.84. The summed E-state index contributed by atoms with van der Waals surface area (Å²) in [6, 6.07) is 17.7. The molecular weight excluding hydrogens is 402 g/mol. The lowest BCUT2D eigenvalue weighted by atomic mass is 10.1. The minimum absolute atomic E-state index is 0.148. The van der Waals surface area contributed by atoms with E-state index in [-0.39, 0.29) is 6.03 Å². The van der Waals surface area contributed by atoms with Gasteiger partial charge in [-0.25, -0.2) is 4.79 Å². The van der Waals surface area contributed by atoms with E-state index in [0.29, 0.717) is 30.3 Å². The number of amides is 2. The number of benzene rings is 2. The molecule has 6 nitrogen and oxygen atoms in total. The standard InChI is InChI=1S/C26H33N3O3/c1-5-6-15-29(26(30)27-24-14-13-23(31-3)17-25(24)32-4)19-22-12-9-16-28(22)18-21-11-8-7-10-20(21)2/h7-14,16-17H,5-6,15,18-19H2,1-4H3,(H,27,30). The average Bonchev–Trinajstić information content (AvgIpc) is 3.24. The van der Waals surface area contributed by atoms with Crippen LogP contribution in [-0.4, -0.2) is 36.3 Å². The number of ether oxygens (including phenoxy) is 2. The predicted octanol–water partition coefficient (Wildman–Crippen LogP) is 5.70. The van der Waals surface area contributed by atoms with E-state index in [1.165, 1.54) is 11.1 Å². The number of carbonyl (C=O) groups is 1. The summed E-state index contributed by atoms with van der Waals surface area (Å²) < 4.78 is 12.9. The van der Waals surface area contributed by atoms with Gasteiger partial charge in [-0.3, -0.25) is 0 Å². The number of nitrogens with zero attached hydrogens (tertiary/aromatic N) is 2. The smallest absolute Gasteiger partial charge is 0.322 e. The van der Waals surface area contributed by atoms with Gasteiger partial charge in [-0.15, -0.1) is 0 Å². The molecule has 0 aliphatic heterocycles. The summed E-state index contributed by atoms with van der Waals surface area (Å²) in [4.78, 5) is 15.1. The van der Waals surface area contributed by atoms with E-state index in [1.807, 2.05) is 17.0 Å². The van der Waals surface area contributed by atoms with Gasteiger partial charge in [-0.1, -0.05) is 37.6 Å². The van der Waals surface area contributed by atoms with Gasteiger partial charge in [0.2, 0.25) is 0 Å². The summed E-state index contributed by atoms with van der Waals surface area (Å²) >= 11 is 0. The molecule has 32 heavy (non-hydrogen) atoms. The van der Waals surface area contributed by atoms with Gasteiger partial charge in [-0.2, -0.15) is 0 Å². The average molecular weight is 436 g/mol. The lowest BCUT2D eigenvalue weighted by Gasteiger charge is -2.24. The van der Waals surface area contributed by atoms with Crippen molar-refractivity contribution in [2.24, 2.45) is 0 Å². The van der Waals surface area contributed by atoms with Gasteiger partial charge in [-0.05, 0) is 48.7 Å². The van der Waals surface area contributed by atoms with Crippen molar-refractivity contribution < 1.29 is 14.3 Å². The summed E-state index contributed by atoms with van der Waals surface area (Å²) in [6.07, 6.45) is 4.02. The molecule has 6 heteroatoms. The zero-order valence-electron chi connectivity index (χ0n) is 19.4. The Morgan fingerprint density at radius 1 is 1.06 bits per heavy atom. The van der Waals surface area contributed by atoms with Crippen molar-refractivity contribution in [2.75, 3.05) is 26.1 Å². The van der Waals surface area contributed by atoms with Crippen LogP contribution in [0, 0.1) is 6.92 Å². The van der Waals surface area contributed by atoms with Crippen LogP contribution in [0.4, 0.5) is 10.5 Å². The van der Waals surface area contributed by atoms with Crippen molar-refractivity contribution in [3.8, 4) is 11.5 Å². The Labute approximate surface area is 190 Å². The Kier molecular flexibility index (Phi) is 8.20. The molecule has 0 saturated carbocycles. The molecule has 1 heterocycles.